The second-order valence-corrected chi connectivity index (χ2v) is 5.77. The van der Waals surface area contributed by atoms with Crippen LogP contribution in [0.4, 0.5) is 16.5 Å². The van der Waals surface area contributed by atoms with E-state index in [1.165, 1.54) is 4.90 Å². The van der Waals surface area contributed by atoms with Gasteiger partial charge in [0.2, 0.25) is 0 Å². The first-order chi connectivity index (χ1) is 10.9. The van der Waals surface area contributed by atoms with Crippen LogP contribution in [-0.2, 0) is 4.79 Å². The van der Waals surface area contributed by atoms with Crippen LogP contribution < -0.4 is 10.2 Å². The third kappa shape index (κ3) is 3.05. The average molecular weight is 318 g/mol. The lowest BCUT2D eigenvalue weighted by atomic mass is 10.1. The topological polar surface area (TPSA) is 98.9 Å². The van der Waals surface area contributed by atoms with Crippen LogP contribution in [0, 0.1) is 5.92 Å². The van der Waals surface area contributed by atoms with E-state index < -0.39 is 11.9 Å². The predicted molar refractivity (Wildman–Crippen MR) is 84.7 cm³/mol. The zero-order chi connectivity index (χ0) is 16.6. The molecule has 23 heavy (non-hydrogen) atoms. The third-order valence-corrected chi connectivity index (χ3v) is 3.83. The highest BCUT2D eigenvalue weighted by atomic mass is 16.4. The summed E-state index contributed by atoms with van der Waals surface area (Å²) in [5.41, 5.74) is 1.88. The van der Waals surface area contributed by atoms with Crippen molar-refractivity contribution in [3.05, 3.63) is 18.2 Å². The largest absolute Gasteiger partial charge is 0.481 e. The number of benzene rings is 1. The molecule has 1 aromatic heterocycles. The number of nitrogens with zero attached hydrogens (tertiary/aromatic N) is 3. The maximum atomic E-state index is 12.2. The van der Waals surface area contributed by atoms with E-state index >= 15 is 0 Å². The summed E-state index contributed by atoms with van der Waals surface area (Å²) < 4.78 is 5.56. The highest BCUT2D eigenvalue weighted by molar-refractivity contribution is 5.92. The molecule has 2 heterocycles. The SMILES string of the molecule is CN(C)c1nc2cc(NC(=O)N3CCC(C(=O)O)C3)ccc2o1. The molecule has 2 aromatic rings. The minimum atomic E-state index is -0.861. The second-order valence-electron chi connectivity index (χ2n) is 5.77. The number of oxazole rings is 1. The Morgan fingerprint density at radius 2 is 2.22 bits per heavy atom. The van der Waals surface area contributed by atoms with Crippen LogP contribution >= 0.6 is 0 Å². The molecular weight excluding hydrogens is 300 g/mol. The first kappa shape index (κ1) is 15.1. The summed E-state index contributed by atoms with van der Waals surface area (Å²) >= 11 is 0. The number of hydrogen-bond acceptors (Lipinski definition) is 5. The molecule has 0 radical (unpaired) electrons. The summed E-state index contributed by atoms with van der Waals surface area (Å²) in [5.74, 6) is -1.35. The number of anilines is 2. The minimum absolute atomic E-state index is 0.234. The number of aliphatic carboxylic acids is 1. The van der Waals surface area contributed by atoms with Gasteiger partial charge in [0, 0.05) is 32.9 Å². The second kappa shape index (κ2) is 5.79. The average Bonchev–Trinajstić information content (AvgIpc) is 3.13. The maximum absolute atomic E-state index is 12.2. The van der Waals surface area contributed by atoms with Gasteiger partial charge in [-0.1, -0.05) is 0 Å². The minimum Gasteiger partial charge on any atom is -0.481 e. The van der Waals surface area contributed by atoms with Crippen LogP contribution in [0.25, 0.3) is 11.1 Å². The van der Waals surface area contributed by atoms with Crippen molar-refractivity contribution >= 4 is 34.8 Å². The Bertz CT molecular complexity index is 755. The van der Waals surface area contributed by atoms with Gasteiger partial charge in [0.25, 0.3) is 6.01 Å². The van der Waals surface area contributed by atoms with Crippen LogP contribution in [0.1, 0.15) is 6.42 Å². The van der Waals surface area contributed by atoms with E-state index in [1.54, 1.807) is 23.1 Å². The van der Waals surface area contributed by atoms with Crippen molar-refractivity contribution in [2.24, 2.45) is 5.92 Å². The number of carbonyl (C=O) groups is 2. The Kier molecular flexibility index (Phi) is 3.81. The Labute approximate surface area is 132 Å². The molecule has 3 rings (SSSR count). The fraction of sp³-hybridized carbons (Fsp3) is 0.400. The standard InChI is InChI=1S/C15H18N4O4/c1-18(2)15-17-11-7-10(3-4-12(11)23-15)16-14(22)19-6-5-9(8-19)13(20)21/h3-4,7,9H,5-6,8H2,1-2H3,(H,16,22)(H,20,21). The van der Waals surface area contributed by atoms with Crippen molar-refractivity contribution in [2.45, 2.75) is 6.42 Å². The molecule has 122 valence electrons. The molecule has 8 nitrogen and oxygen atoms in total. The third-order valence-electron chi connectivity index (χ3n) is 3.83. The number of carbonyl (C=O) groups excluding carboxylic acids is 1. The monoisotopic (exact) mass is 318 g/mol. The number of amides is 2. The van der Waals surface area contributed by atoms with E-state index in [9.17, 15) is 9.59 Å². The number of carboxylic acid groups (broad SMARTS) is 1. The lowest BCUT2D eigenvalue weighted by Gasteiger charge is -2.16. The first-order valence-corrected chi connectivity index (χ1v) is 7.30. The van der Waals surface area contributed by atoms with E-state index in [-0.39, 0.29) is 12.6 Å². The molecule has 2 amide bonds. The smallest absolute Gasteiger partial charge is 0.321 e. The zero-order valence-corrected chi connectivity index (χ0v) is 12.9. The van der Waals surface area contributed by atoms with Gasteiger partial charge in [-0.25, -0.2) is 4.79 Å². The molecular formula is C15H18N4O4. The van der Waals surface area contributed by atoms with E-state index in [0.717, 1.165) is 0 Å². The van der Waals surface area contributed by atoms with Crippen LogP contribution in [0.3, 0.4) is 0 Å². The highest BCUT2D eigenvalue weighted by Gasteiger charge is 2.30. The number of likely N-dealkylation sites (tertiary alicyclic amines) is 1. The van der Waals surface area contributed by atoms with Crippen LogP contribution in [0.2, 0.25) is 0 Å². The maximum Gasteiger partial charge on any atom is 0.321 e. The van der Waals surface area contributed by atoms with Crippen LogP contribution in [0.15, 0.2) is 22.6 Å². The number of carboxylic acids is 1. The molecule has 1 fully saturated rings. The van der Waals surface area contributed by atoms with Crippen LogP contribution in [-0.4, -0.2) is 54.2 Å². The number of fused-ring (bicyclic) bond motifs is 1. The molecule has 1 unspecified atom stereocenters. The van der Waals surface area contributed by atoms with Gasteiger partial charge in [-0.3, -0.25) is 4.79 Å². The predicted octanol–water partition coefficient (Wildman–Crippen LogP) is 1.83. The summed E-state index contributed by atoms with van der Waals surface area (Å²) in [6.45, 7) is 0.679. The van der Waals surface area contributed by atoms with Crippen molar-refractivity contribution in [3.63, 3.8) is 0 Å². The fourth-order valence-electron chi connectivity index (χ4n) is 2.53. The quantitative estimate of drug-likeness (QED) is 0.896. The van der Waals surface area contributed by atoms with Gasteiger partial charge in [-0.15, -0.1) is 0 Å². The van der Waals surface area contributed by atoms with E-state index in [2.05, 4.69) is 10.3 Å². The van der Waals surface area contributed by atoms with Gasteiger partial charge in [-0.05, 0) is 24.6 Å². The van der Waals surface area contributed by atoms with E-state index in [0.29, 0.717) is 35.8 Å². The summed E-state index contributed by atoms with van der Waals surface area (Å²) in [5, 5.41) is 11.8. The summed E-state index contributed by atoms with van der Waals surface area (Å²) in [7, 11) is 3.67. The fourth-order valence-corrected chi connectivity index (χ4v) is 2.53. The molecule has 1 aliphatic rings. The highest BCUT2D eigenvalue weighted by Crippen LogP contribution is 2.24. The molecule has 1 aliphatic heterocycles. The number of aromatic nitrogens is 1. The molecule has 1 atom stereocenters. The molecule has 8 heteroatoms. The van der Waals surface area contributed by atoms with Gasteiger partial charge < -0.3 is 24.6 Å². The molecule has 2 N–H and O–H groups in total. The van der Waals surface area contributed by atoms with Gasteiger partial charge in [0.05, 0.1) is 5.92 Å². The number of rotatable bonds is 3. The summed E-state index contributed by atoms with van der Waals surface area (Å²) in [6.07, 6.45) is 0.483. The van der Waals surface area contributed by atoms with Crippen molar-refractivity contribution < 1.29 is 19.1 Å². The molecule has 0 saturated carbocycles. The Morgan fingerprint density at radius 1 is 1.43 bits per heavy atom. The van der Waals surface area contributed by atoms with Crippen molar-refractivity contribution in [2.75, 3.05) is 37.4 Å². The van der Waals surface area contributed by atoms with Crippen LogP contribution in [0.5, 0.6) is 0 Å². The molecule has 1 aromatic carbocycles. The Morgan fingerprint density at radius 3 is 2.87 bits per heavy atom. The molecule has 0 spiro atoms. The van der Waals surface area contributed by atoms with Crippen molar-refractivity contribution in [1.29, 1.82) is 0 Å². The normalized spacial score (nSPS) is 17.5. The molecule has 1 saturated heterocycles. The van der Waals surface area contributed by atoms with Gasteiger partial charge in [0.1, 0.15) is 5.52 Å². The first-order valence-electron chi connectivity index (χ1n) is 7.30. The van der Waals surface area contributed by atoms with E-state index in [1.807, 2.05) is 14.1 Å². The zero-order valence-electron chi connectivity index (χ0n) is 12.9. The van der Waals surface area contributed by atoms with Gasteiger partial charge in [0.15, 0.2) is 5.58 Å². The lowest BCUT2D eigenvalue weighted by molar-refractivity contribution is -0.141. The van der Waals surface area contributed by atoms with Gasteiger partial charge in [-0.2, -0.15) is 4.98 Å². The Balaban J connectivity index is 1.71. The van der Waals surface area contributed by atoms with Gasteiger partial charge >= 0.3 is 12.0 Å². The summed E-state index contributed by atoms with van der Waals surface area (Å²) in [6, 6.07) is 5.40. The lowest BCUT2D eigenvalue weighted by Crippen LogP contribution is -2.33. The van der Waals surface area contributed by atoms with E-state index in [4.69, 9.17) is 9.52 Å². The number of nitrogens with one attached hydrogen (secondary N) is 1. The molecule has 0 bridgehead atoms. The summed E-state index contributed by atoms with van der Waals surface area (Å²) in [4.78, 5) is 30.8. The Hall–Kier alpha value is -2.77. The number of hydrogen-bond donors (Lipinski definition) is 2. The number of urea groups is 1. The van der Waals surface area contributed by atoms with Crippen molar-refractivity contribution in [1.82, 2.24) is 9.88 Å². The van der Waals surface area contributed by atoms with Crippen molar-refractivity contribution in [3.8, 4) is 0 Å². The molecule has 0 aliphatic carbocycles.